The largest absolute Gasteiger partial charge is 1.00 e. The molecule has 0 heterocycles. The van der Waals surface area contributed by atoms with E-state index < -0.39 is 55.2 Å². The number of carboxylic acid groups (broad SMARTS) is 1. The molecule has 0 aromatic heterocycles. The molecule has 0 saturated carbocycles. The van der Waals surface area contributed by atoms with E-state index in [1.54, 1.807) is 0 Å². The van der Waals surface area contributed by atoms with Gasteiger partial charge < -0.3 is 12.7 Å². The van der Waals surface area contributed by atoms with Crippen LogP contribution in [0.1, 0.15) is 22.1 Å². The van der Waals surface area contributed by atoms with Crippen LogP contribution in [0.15, 0.2) is 12.2 Å². The zero-order chi connectivity index (χ0) is 18.3. The Hall–Kier alpha value is 1.77. The van der Waals surface area contributed by atoms with E-state index in [0.717, 1.165) is 0 Å². The molecule has 0 amide bonds. The molecule has 0 bridgehead atoms. The Labute approximate surface area is 234 Å². The second-order valence-corrected chi connectivity index (χ2v) is 7.76. The van der Waals surface area contributed by atoms with Gasteiger partial charge in [-0.3, -0.25) is 13.9 Å². The summed E-state index contributed by atoms with van der Waals surface area (Å²) in [6.45, 7) is 2.92. The number of aliphatic carboxylic acids is 1. The van der Waals surface area contributed by atoms with Crippen molar-refractivity contribution in [3.63, 3.8) is 0 Å². The molecule has 0 spiro atoms. The minimum atomic E-state index is -4.24. The third-order valence-electron chi connectivity index (χ3n) is 2.66. The maximum atomic E-state index is 11.6. The van der Waals surface area contributed by atoms with E-state index in [1.165, 1.54) is 0 Å². The monoisotopic (exact) mass is 454 g/mol. The maximum Gasteiger partial charge on any atom is 1.00 e. The zero-order valence-corrected chi connectivity index (χ0v) is 21.9. The fourth-order valence-electron chi connectivity index (χ4n) is 1.56. The van der Waals surface area contributed by atoms with Crippen molar-refractivity contribution in [3.05, 3.63) is 12.2 Å². The Bertz CT molecular complexity index is 667. The number of carbonyl (C=O) groups is 2. The standard InChI is InChI=1S/C11H18O10S2.2K.2H/c1-8(11(14)21-5-3-7-23(18,19)20)9(10(12)13)4-2-6-22(15,16)17;;;;/h9H,1-7H2,(H,12,13)(H,15,16,17)(H,18,19,20);;;;/q;2*+1;2*-1. The average molecular weight is 455 g/mol. The van der Waals surface area contributed by atoms with Crippen molar-refractivity contribution in [3.8, 4) is 0 Å². The third kappa shape index (κ3) is 17.6. The molecule has 1 atom stereocenters. The first kappa shape index (κ1) is 31.5. The summed E-state index contributed by atoms with van der Waals surface area (Å²) in [7, 11) is -8.43. The van der Waals surface area contributed by atoms with E-state index in [-0.39, 0.29) is 131 Å². The average Bonchev–Trinajstić information content (AvgIpc) is 2.36. The van der Waals surface area contributed by atoms with Gasteiger partial charge in [-0.15, -0.1) is 0 Å². The smallest absolute Gasteiger partial charge is 1.00 e. The molecule has 25 heavy (non-hydrogen) atoms. The molecule has 0 radical (unpaired) electrons. The molecular weight excluding hydrogens is 434 g/mol. The molecular formula is C11H20K2O10S2. The molecule has 0 aliphatic rings. The first-order chi connectivity index (χ1) is 10.3. The molecule has 138 valence electrons. The molecule has 0 rings (SSSR count). The Morgan fingerprint density at radius 2 is 1.44 bits per heavy atom. The Balaban J connectivity index is -0.000000403. The minimum absolute atomic E-state index is 0. The van der Waals surface area contributed by atoms with E-state index in [4.69, 9.17) is 14.2 Å². The van der Waals surface area contributed by atoms with Crippen LogP contribution < -0.4 is 103 Å². The summed E-state index contributed by atoms with van der Waals surface area (Å²) in [5, 5.41) is 9.01. The normalized spacial score (nSPS) is 12.2. The summed E-state index contributed by atoms with van der Waals surface area (Å²) in [6, 6.07) is 0. The molecule has 0 fully saturated rings. The molecule has 0 aromatic rings. The maximum absolute atomic E-state index is 11.6. The molecule has 1 unspecified atom stereocenters. The second kappa shape index (κ2) is 14.7. The van der Waals surface area contributed by atoms with Crippen LogP contribution in [0.3, 0.4) is 0 Å². The molecule has 0 aromatic carbocycles. The number of ether oxygens (including phenoxy) is 1. The van der Waals surface area contributed by atoms with E-state index in [0.29, 0.717) is 0 Å². The quantitative estimate of drug-likeness (QED) is 0.0896. The van der Waals surface area contributed by atoms with Gasteiger partial charge in [0.25, 0.3) is 20.2 Å². The molecule has 0 saturated heterocycles. The summed E-state index contributed by atoms with van der Waals surface area (Å²) >= 11 is 0. The van der Waals surface area contributed by atoms with Crippen LogP contribution in [0.5, 0.6) is 0 Å². The van der Waals surface area contributed by atoms with Crippen molar-refractivity contribution < 1.29 is 151 Å². The third-order valence-corrected chi connectivity index (χ3v) is 4.26. The summed E-state index contributed by atoms with van der Waals surface area (Å²) < 4.78 is 63.7. The molecule has 14 heteroatoms. The number of esters is 1. The Morgan fingerprint density at radius 3 is 1.84 bits per heavy atom. The van der Waals surface area contributed by atoms with Crippen molar-refractivity contribution >= 4 is 32.2 Å². The van der Waals surface area contributed by atoms with Crippen LogP contribution in [0.2, 0.25) is 0 Å². The minimum Gasteiger partial charge on any atom is -1.00 e. The van der Waals surface area contributed by atoms with Gasteiger partial charge in [-0.2, -0.15) is 16.8 Å². The van der Waals surface area contributed by atoms with Crippen LogP contribution in [0.25, 0.3) is 0 Å². The molecule has 10 nitrogen and oxygen atoms in total. The molecule has 3 N–H and O–H groups in total. The van der Waals surface area contributed by atoms with Gasteiger partial charge in [-0.05, 0) is 19.3 Å². The predicted octanol–water partition coefficient (Wildman–Crippen LogP) is -6.03. The second-order valence-electron chi connectivity index (χ2n) is 4.62. The number of carboxylic acids is 1. The van der Waals surface area contributed by atoms with E-state index in [2.05, 4.69) is 11.3 Å². The van der Waals surface area contributed by atoms with Crippen molar-refractivity contribution in [2.75, 3.05) is 18.1 Å². The number of rotatable bonds is 11. The van der Waals surface area contributed by atoms with Crippen LogP contribution >= 0.6 is 0 Å². The molecule has 0 aliphatic heterocycles. The summed E-state index contributed by atoms with van der Waals surface area (Å²) in [6.07, 6.45) is -0.642. The summed E-state index contributed by atoms with van der Waals surface area (Å²) in [4.78, 5) is 22.7. The molecule has 0 aliphatic carbocycles. The first-order valence-electron chi connectivity index (χ1n) is 6.32. The van der Waals surface area contributed by atoms with Gasteiger partial charge in [-0.1, -0.05) is 6.58 Å². The van der Waals surface area contributed by atoms with Gasteiger partial charge in [0.2, 0.25) is 0 Å². The van der Waals surface area contributed by atoms with Crippen LogP contribution in [-0.4, -0.2) is 61.1 Å². The van der Waals surface area contributed by atoms with E-state index >= 15 is 0 Å². The fourth-order valence-corrected chi connectivity index (χ4v) is 2.57. The number of carbonyl (C=O) groups excluding carboxylic acids is 1. The first-order valence-corrected chi connectivity index (χ1v) is 9.54. The summed E-state index contributed by atoms with van der Waals surface area (Å²) in [5.74, 6) is -5.16. The van der Waals surface area contributed by atoms with Crippen molar-refractivity contribution in [1.82, 2.24) is 0 Å². The van der Waals surface area contributed by atoms with Gasteiger partial charge in [0.1, 0.15) is 0 Å². The SMILES string of the molecule is C=C(C(=O)OCCCS(=O)(=O)O)C(CCCS(=O)(=O)O)C(=O)O.[H-].[H-].[K+].[K+]. The van der Waals surface area contributed by atoms with Crippen molar-refractivity contribution in [2.45, 2.75) is 19.3 Å². The van der Waals surface area contributed by atoms with Gasteiger partial charge in [0.05, 0.1) is 24.0 Å². The van der Waals surface area contributed by atoms with Crippen molar-refractivity contribution in [1.29, 1.82) is 0 Å². The Morgan fingerprint density at radius 1 is 1.00 bits per heavy atom. The summed E-state index contributed by atoms with van der Waals surface area (Å²) in [5.41, 5.74) is -0.431. The van der Waals surface area contributed by atoms with Crippen LogP contribution in [0.4, 0.5) is 0 Å². The van der Waals surface area contributed by atoms with Gasteiger partial charge >= 0.3 is 115 Å². The Kier molecular flexibility index (Phi) is 18.5. The zero-order valence-electron chi connectivity index (χ0n) is 16.0. The predicted molar refractivity (Wildman–Crippen MR) is 80.1 cm³/mol. The van der Waals surface area contributed by atoms with E-state index in [1.807, 2.05) is 0 Å². The van der Waals surface area contributed by atoms with Gasteiger partial charge in [0.15, 0.2) is 0 Å². The van der Waals surface area contributed by atoms with Crippen LogP contribution in [0, 0.1) is 5.92 Å². The fraction of sp³-hybridized carbons (Fsp3) is 0.636. The van der Waals surface area contributed by atoms with Crippen LogP contribution in [-0.2, 0) is 34.6 Å². The topological polar surface area (TPSA) is 172 Å². The van der Waals surface area contributed by atoms with E-state index in [9.17, 15) is 26.4 Å². The van der Waals surface area contributed by atoms with Gasteiger partial charge in [-0.25, -0.2) is 4.79 Å². The van der Waals surface area contributed by atoms with Gasteiger partial charge in [0, 0.05) is 5.57 Å². The number of hydrogen-bond donors (Lipinski definition) is 3. The van der Waals surface area contributed by atoms with Crippen molar-refractivity contribution in [2.24, 2.45) is 5.92 Å². The number of hydrogen-bond acceptors (Lipinski definition) is 7.